The smallest absolute Gasteiger partial charge is 0.0988 e. The van der Waals surface area contributed by atoms with Crippen LogP contribution in [0.3, 0.4) is 0 Å². The first-order chi connectivity index (χ1) is 3.80. The van der Waals surface area contributed by atoms with E-state index in [1.54, 1.807) is 18.7 Å². The Morgan fingerprint density at radius 2 is 2.62 bits per heavy atom. The maximum atomic E-state index is 8.90. The minimum absolute atomic E-state index is 0.345. The number of hydrogen-bond donors (Lipinski definition) is 1. The van der Waals surface area contributed by atoms with Crippen molar-refractivity contribution in [2.75, 3.05) is 12.3 Å². The van der Waals surface area contributed by atoms with Gasteiger partial charge in [-0.15, -0.1) is 11.8 Å². The van der Waals surface area contributed by atoms with E-state index in [-0.39, 0.29) is 6.10 Å². The predicted octanol–water partition coefficient (Wildman–Crippen LogP) is 0.512. The first kappa shape index (κ1) is 6.11. The summed E-state index contributed by atoms with van der Waals surface area (Å²) in [7, 11) is 0. The molecule has 0 fully saturated rings. The van der Waals surface area contributed by atoms with Crippen LogP contribution in [0.15, 0.2) is 4.99 Å². The molecule has 2 nitrogen and oxygen atoms in total. The summed E-state index contributed by atoms with van der Waals surface area (Å²) in [5.41, 5.74) is 0. The number of aliphatic imine (C=N–C) groups is 1. The Hall–Kier alpha value is -0.0200. The van der Waals surface area contributed by atoms with Crippen LogP contribution in [-0.4, -0.2) is 28.6 Å². The average molecular weight is 131 g/mol. The van der Waals surface area contributed by atoms with Crippen molar-refractivity contribution in [1.82, 2.24) is 0 Å². The highest BCUT2D eigenvalue weighted by Crippen LogP contribution is 2.13. The first-order valence-corrected chi connectivity index (χ1v) is 3.64. The van der Waals surface area contributed by atoms with Gasteiger partial charge in [-0.05, 0) is 6.92 Å². The molecule has 0 radical (unpaired) electrons. The molecule has 0 bridgehead atoms. The van der Waals surface area contributed by atoms with E-state index in [4.69, 9.17) is 5.11 Å². The van der Waals surface area contributed by atoms with Gasteiger partial charge in [-0.2, -0.15) is 0 Å². The van der Waals surface area contributed by atoms with Crippen LogP contribution in [0.1, 0.15) is 6.92 Å². The van der Waals surface area contributed by atoms with Crippen LogP contribution >= 0.6 is 11.8 Å². The first-order valence-electron chi connectivity index (χ1n) is 2.66. The predicted molar refractivity (Wildman–Crippen MR) is 36.4 cm³/mol. The largest absolute Gasteiger partial charge is 0.387 e. The average Bonchev–Trinajstić information content (AvgIpc) is 2.12. The fourth-order valence-corrected chi connectivity index (χ4v) is 1.42. The summed E-state index contributed by atoms with van der Waals surface area (Å²) < 4.78 is 0. The van der Waals surface area contributed by atoms with Crippen molar-refractivity contribution in [3.8, 4) is 0 Å². The van der Waals surface area contributed by atoms with Crippen molar-refractivity contribution in [2.45, 2.75) is 13.0 Å². The maximum absolute atomic E-state index is 8.90. The molecule has 1 atom stereocenters. The Bertz CT molecular complexity index is 111. The summed E-state index contributed by atoms with van der Waals surface area (Å²) in [4.78, 5) is 4.06. The van der Waals surface area contributed by atoms with E-state index in [1.807, 2.05) is 0 Å². The summed E-state index contributed by atoms with van der Waals surface area (Å²) in [6.07, 6.45) is -0.345. The molecule has 1 heterocycles. The van der Waals surface area contributed by atoms with Crippen molar-refractivity contribution in [3.63, 3.8) is 0 Å². The molecule has 0 aromatic carbocycles. The summed E-state index contributed by atoms with van der Waals surface area (Å²) in [5.74, 6) is 1.04. The van der Waals surface area contributed by atoms with Crippen LogP contribution in [-0.2, 0) is 0 Å². The Morgan fingerprint density at radius 1 is 1.88 bits per heavy atom. The highest BCUT2D eigenvalue weighted by molar-refractivity contribution is 8.14. The molecular weight excluding hydrogens is 122 g/mol. The Labute approximate surface area is 53.0 Å². The second-order valence-corrected chi connectivity index (χ2v) is 2.86. The lowest BCUT2D eigenvalue weighted by Crippen LogP contribution is -2.09. The molecule has 0 spiro atoms. The van der Waals surface area contributed by atoms with Crippen LogP contribution in [0.2, 0.25) is 0 Å². The van der Waals surface area contributed by atoms with Gasteiger partial charge in [0.2, 0.25) is 0 Å². The van der Waals surface area contributed by atoms with E-state index in [1.165, 1.54) is 0 Å². The molecule has 1 aliphatic rings. The minimum atomic E-state index is -0.345. The lowest BCUT2D eigenvalue weighted by Gasteiger charge is -1.98. The quantitative estimate of drug-likeness (QED) is 0.562. The van der Waals surface area contributed by atoms with E-state index in [0.717, 1.165) is 17.3 Å². The standard InChI is InChI=1S/C5H9NOS/c1-4(7)5-6-2-3-8-5/h4,7H,2-3H2,1H3. The topological polar surface area (TPSA) is 32.6 Å². The third-order valence-electron chi connectivity index (χ3n) is 0.966. The summed E-state index contributed by atoms with van der Waals surface area (Å²) in [5, 5.41) is 9.79. The Morgan fingerprint density at radius 3 is 2.88 bits per heavy atom. The van der Waals surface area contributed by atoms with Crippen molar-refractivity contribution < 1.29 is 5.11 Å². The van der Waals surface area contributed by atoms with E-state index >= 15 is 0 Å². The number of nitrogens with zero attached hydrogens (tertiary/aromatic N) is 1. The molecule has 1 aliphatic heterocycles. The Kier molecular flexibility index (Phi) is 1.91. The number of aliphatic hydroxyl groups is 1. The minimum Gasteiger partial charge on any atom is -0.387 e. The van der Waals surface area contributed by atoms with Gasteiger partial charge >= 0.3 is 0 Å². The normalized spacial score (nSPS) is 23.0. The Balaban J connectivity index is 2.45. The number of rotatable bonds is 1. The molecule has 0 aromatic rings. The molecule has 1 unspecified atom stereocenters. The maximum Gasteiger partial charge on any atom is 0.0988 e. The van der Waals surface area contributed by atoms with Gasteiger partial charge in [0.05, 0.1) is 11.1 Å². The lowest BCUT2D eigenvalue weighted by molar-refractivity contribution is 0.265. The van der Waals surface area contributed by atoms with E-state index in [9.17, 15) is 0 Å². The van der Waals surface area contributed by atoms with Gasteiger partial charge in [0, 0.05) is 12.3 Å². The molecule has 8 heavy (non-hydrogen) atoms. The van der Waals surface area contributed by atoms with Crippen LogP contribution < -0.4 is 0 Å². The lowest BCUT2D eigenvalue weighted by atomic mass is 10.4. The van der Waals surface area contributed by atoms with Gasteiger partial charge in [0.1, 0.15) is 0 Å². The highest BCUT2D eigenvalue weighted by Gasteiger charge is 2.10. The third kappa shape index (κ3) is 1.23. The SMILES string of the molecule is CC(O)C1=NCCS1. The fourth-order valence-electron chi connectivity index (χ4n) is 0.604. The van der Waals surface area contributed by atoms with Crippen molar-refractivity contribution in [2.24, 2.45) is 4.99 Å². The van der Waals surface area contributed by atoms with Gasteiger partial charge in [-0.3, -0.25) is 4.99 Å². The molecular formula is C5H9NOS. The summed E-state index contributed by atoms with van der Waals surface area (Å²) in [6, 6.07) is 0. The van der Waals surface area contributed by atoms with Gasteiger partial charge in [0.15, 0.2) is 0 Å². The van der Waals surface area contributed by atoms with Crippen molar-refractivity contribution in [3.05, 3.63) is 0 Å². The summed E-state index contributed by atoms with van der Waals surface area (Å²) >= 11 is 1.65. The monoisotopic (exact) mass is 131 g/mol. The number of thioether (sulfide) groups is 1. The molecule has 1 N–H and O–H groups in total. The van der Waals surface area contributed by atoms with E-state index in [2.05, 4.69) is 4.99 Å². The second-order valence-electron chi connectivity index (χ2n) is 1.74. The van der Waals surface area contributed by atoms with Gasteiger partial charge in [0.25, 0.3) is 0 Å². The van der Waals surface area contributed by atoms with Crippen LogP contribution in [0.4, 0.5) is 0 Å². The zero-order valence-electron chi connectivity index (χ0n) is 4.79. The van der Waals surface area contributed by atoms with E-state index < -0.39 is 0 Å². The number of hydrogen-bond acceptors (Lipinski definition) is 3. The zero-order valence-corrected chi connectivity index (χ0v) is 5.61. The molecule has 0 amide bonds. The summed E-state index contributed by atoms with van der Waals surface area (Å²) in [6.45, 7) is 2.63. The molecule has 3 heteroatoms. The third-order valence-corrected chi connectivity index (χ3v) is 2.12. The van der Waals surface area contributed by atoms with Crippen LogP contribution in [0.25, 0.3) is 0 Å². The molecule has 46 valence electrons. The van der Waals surface area contributed by atoms with Crippen LogP contribution in [0.5, 0.6) is 0 Å². The van der Waals surface area contributed by atoms with Crippen molar-refractivity contribution >= 4 is 16.8 Å². The van der Waals surface area contributed by atoms with Gasteiger partial charge in [-0.25, -0.2) is 0 Å². The van der Waals surface area contributed by atoms with Crippen molar-refractivity contribution in [1.29, 1.82) is 0 Å². The molecule has 0 aromatic heterocycles. The van der Waals surface area contributed by atoms with Crippen LogP contribution in [0, 0.1) is 0 Å². The fraction of sp³-hybridized carbons (Fsp3) is 0.800. The van der Waals surface area contributed by atoms with Gasteiger partial charge in [-0.1, -0.05) is 0 Å². The number of aliphatic hydroxyl groups excluding tert-OH is 1. The second kappa shape index (κ2) is 2.51. The van der Waals surface area contributed by atoms with Gasteiger partial charge < -0.3 is 5.11 Å². The molecule has 0 aliphatic carbocycles. The van der Waals surface area contributed by atoms with E-state index in [0.29, 0.717) is 0 Å². The highest BCUT2D eigenvalue weighted by atomic mass is 32.2. The molecule has 0 saturated heterocycles. The zero-order chi connectivity index (χ0) is 5.98. The molecule has 1 rings (SSSR count). The molecule has 0 saturated carbocycles.